The summed E-state index contributed by atoms with van der Waals surface area (Å²) in [5.41, 5.74) is 2.55. The molecule has 3 rings (SSSR count). The number of amidine groups is 1. The van der Waals surface area contributed by atoms with E-state index in [0.717, 1.165) is 17.5 Å². The largest absolute Gasteiger partial charge is 0.508 e. The predicted octanol–water partition coefficient (Wildman–Crippen LogP) is 1.77. The zero-order chi connectivity index (χ0) is 19.4. The number of hydrogen-bond donors (Lipinski definition) is 5. The summed E-state index contributed by atoms with van der Waals surface area (Å²) in [6.45, 7) is 2.44. The van der Waals surface area contributed by atoms with Crippen molar-refractivity contribution in [2.45, 2.75) is 31.6 Å². The SMILES string of the molecule is CC(Cc1ccc(C2OC(=N)NC2=O)cc1)NCC(O)c1ccc(O)cc1. The quantitative estimate of drug-likeness (QED) is 0.510. The van der Waals surface area contributed by atoms with E-state index in [1.807, 2.05) is 31.2 Å². The summed E-state index contributed by atoms with van der Waals surface area (Å²) < 4.78 is 5.16. The Balaban J connectivity index is 1.50. The number of aromatic hydroxyl groups is 1. The van der Waals surface area contributed by atoms with Crippen LogP contribution in [0, 0.1) is 5.41 Å². The highest BCUT2D eigenvalue weighted by Gasteiger charge is 2.31. The molecule has 0 aliphatic carbocycles. The molecule has 0 aromatic heterocycles. The maximum absolute atomic E-state index is 11.7. The van der Waals surface area contributed by atoms with Crippen LogP contribution in [0.5, 0.6) is 5.75 Å². The van der Waals surface area contributed by atoms with Crippen LogP contribution in [0.25, 0.3) is 0 Å². The first-order valence-corrected chi connectivity index (χ1v) is 8.77. The zero-order valence-electron chi connectivity index (χ0n) is 15.0. The number of aliphatic hydroxyl groups excluding tert-OH is 1. The molecule has 0 radical (unpaired) electrons. The van der Waals surface area contributed by atoms with E-state index >= 15 is 0 Å². The lowest BCUT2D eigenvalue weighted by molar-refractivity contribution is -0.123. The first kappa shape index (κ1) is 18.9. The molecular weight excluding hydrogens is 346 g/mol. The van der Waals surface area contributed by atoms with Gasteiger partial charge in [-0.05, 0) is 36.6 Å². The van der Waals surface area contributed by atoms with E-state index in [9.17, 15) is 15.0 Å². The van der Waals surface area contributed by atoms with Gasteiger partial charge in [0.25, 0.3) is 11.9 Å². The number of rotatable bonds is 7. The Morgan fingerprint density at radius 1 is 1.19 bits per heavy atom. The van der Waals surface area contributed by atoms with Gasteiger partial charge in [-0.15, -0.1) is 0 Å². The molecule has 3 unspecified atom stereocenters. The number of benzene rings is 2. The van der Waals surface area contributed by atoms with Gasteiger partial charge in [-0.2, -0.15) is 0 Å². The summed E-state index contributed by atoms with van der Waals surface area (Å²) in [6.07, 6.45) is -0.651. The summed E-state index contributed by atoms with van der Waals surface area (Å²) in [4.78, 5) is 11.7. The van der Waals surface area contributed by atoms with Gasteiger partial charge in [-0.25, -0.2) is 0 Å². The molecule has 0 saturated carbocycles. The number of hydrogen-bond acceptors (Lipinski definition) is 6. The van der Waals surface area contributed by atoms with Gasteiger partial charge >= 0.3 is 0 Å². The summed E-state index contributed by atoms with van der Waals surface area (Å²) in [5.74, 6) is -0.154. The number of carbonyl (C=O) groups is 1. The van der Waals surface area contributed by atoms with E-state index in [1.54, 1.807) is 24.3 Å². The molecule has 0 spiro atoms. The zero-order valence-corrected chi connectivity index (χ0v) is 15.0. The minimum absolute atomic E-state index is 0.141. The van der Waals surface area contributed by atoms with Crippen molar-refractivity contribution in [3.63, 3.8) is 0 Å². The van der Waals surface area contributed by atoms with Crippen LogP contribution >= 0.6 is 0 Å². The topological polar surface area (TPSA) is 115 Å². The highest BCUT2D eigenvalue weighted by Crippen LogP contribution is 2.22. The number of amides is 1. The lowest BCUT2D eigenvalue weighted by Gasteiger charge is -2.18. The molecule has 1 fully saturated rings. The summed E-state index contributed by atoms with van der Waals surface area (Å²) in [6, 6.07) is 14.0. The monoisotopic (exact) mass is 369 g/mol. The third-order valence-corrected chi connectivity index (χ3v) is 4.47. The lowest BCUT2D eigenvalue weighted by atomic mass is 10.0. The van der Waals surface area contributed by atoms with Crippen LogP contribution in [-0.2, 0) is 16.0 Å². The van der Waals surface area contributed by atoms with Crippen LogP contribution in [0.15, 0.2) is 48.5 Å². The van der Waals surface area contributed by atoms with Crippen molar-refractivity contribution in [1.82, 2.24) is 10.6 Å². The second-order valence-electron chi connectivity index (χ2n) is 6.68. The van der Waals surface area contributed by atoms with Crippen molar-refractivity contribution in [3.8, 4) is 5.75 Å². The first-order valence-electron chi connectivity index (χ1n) is 8.77. The van der Waals surface area contributed by atoms with Crippen LogP contribution in [-0.4, -0.2) is 34.7 Å². The molecule has 2 aromatic carbocycles. The number of nitrogens with one attached hydrogen (secondary N) is 3. The van der Waals surface area contributed by atoms with E-state index in [2.05, 4.69) is 10.6 Å². The molecule has 142 valence electrons. The Bertz CT molecular complexity index is 805. The average Bonchev–Trinajstić information content (AvgIpc) is 2.99. The van der Waals surface area contributed by atoms with Gasteiger partial charge in [-0.1, -0.05) is 36.4 Å². The Morgan fingerprint density at radius 3 is 2.44 bits per heavy atom. The van der Waals surface area contributed by atoms with Crippen molar-refractivity contribution in [2.75, 3.05) is 6.54 Å². The van der Waals surface area contributed by atoms with Crippen LogP contribution in [0.4, 0.5) is 0 Å². The Labute approximate surface area is 157 Å². The molecule has 1 saturated heterocycles. The van der Waals surface area contributed by atoms with E-state index in [4.69, 9.17) is 10.1 Å². The maximum atomic E-state index is 11.7. The molecular formula is C20H23N3O4. The van der Waals surface area contributed by atoms with Crippen molar-refractivity contribution in [2.24, 2.45) is 0 Å². The molecule has 5 N–H and O–H groups in total. The molecule has 1 heterocycles. The third kappa shape index (κ3) is 4.84. The van der Waals surface area contributed by atoms with E-state index in [-0.39, 0.29) is 23.7 Å². The van der Waals surface area contributed by atoms with Crippen LogP contribution in [0.3, 0.4) is 0 Å². The number of ether oxygens (including phenoxy) is 1. The number of phenols is 1. The average molecular weight is 369 g/mol. The third-order valence-electron chi connectivity index (χ3n) is 4.47. The molecule has 3 atom stereocenters. The maximum Gasteiger partial charge on any atom is 0.289 e. The predicted molar refractivity (Wildman–Crippen MR) is 100 cm³/mol. The smallest absolute Gasteiger partial charge is 0.289 e. The molecule has 1 aliphatic heterocycles. The van der Waals surface area contributed by atoms with Crippen molar-refractivity contribution >= 4 is 11.9 Å². The second-order valence-corrected chi connectivity index (χ2v) is 6.68. The fraction of sp³-hybridized carbons (Fsp3) is 0.300. The fourth-order valence-corrected chi connectivity index (χ4v) is 2.98. The van der Waals surface area contributed by atoms with E-state index in [0.29, 0.717) is 12.1 Å². The van der Waals surface area contributed by atoms with Crippen LogP contribution < -0.4 is 10.6 Å². The Kier molecular flexibility index (Phi) is 5.73. The first-order chi connectivity index (χ1) is 12.9. The lowest BCUT2D eigenvalue weighted by Crippen LogP contribution is -2.32. The Hall–Kier alpha value is -2.90. The van der Waals surface area contributed by atoms with Crippen LogP contribution in [0.2, 0.25) is 0 Å². The minimum atomic E-state index is -0.762. The van der Waals surface area contributed by atoms with Gasteiger partial charge in [0.05, 0.1) is 6.10 Å². The number of aliphatic hydroxyl groups is 1. The van der Waals surface area contributed by atoms with Crippen molar-refractivity contribution in [3.05, 3.63) is 65.2 Å². The number of phenolic OH excluding ortho intramolecular Hbond substituents is 1. The Morgan fingerprint density at radius 2 is 1.85 bits per heavy atom. The highest BCUT2D eigenvalue weighted by molar-refractivity contribution is 6.01. The molecule has 1 aliphatic rings. The van der Waals surface area contributed by atoms with Gasteiger partial charge in [0.1, 0.15) is 5.75 Å². The molecule has 0 bridgehead atoms. The summed E-state index contributed by atoms with van der Waals surface area (Å²) >= 11 is 0. The summed E-state index contributed by atoms with van der Waals surface area (Å²) in [7, 11) is 0. The standard InChI is InChI=1S/C20H23N3O4/c1-12(22-11-17(25)14-6-8-16(24)9-7-14)10-13-2-4-15(5-3-13)18-19(26)23-20(21)27-18/h2-9,12,17-18,22,24-25H,10-11H2,1H3,(H2,21,23,26). The molecule has 27 heavy (non-hydrogen) atoms. The molecule has 1 amide bonds. The van der Waals surface area contributed by atoms with Crippen molar-refractivity contribution < 1.29 is 19.7 Å². The van der Waals surface area contributed by atoms with Gasteiger partial charge in [0.2, 0.25) is 6.10 Å². The second kappa shape index (κ2) is 8.20. The summed E-state index contributed by atoms with van der Waals surface area (Å²) in [5, 5.41) is 32.5. The highest BCUT2D eigenvalue weighted by atomic mass is 16.5. The van der Waals surface area contributed by atoms with Crippen LogP contribution in [0.1, 0.15) is 35.8 Å². The van der Waals surface area contributed by atoms with Gasteiger partial charge in [-0.3, -0.25) is 15.5 Å². The van der Waals surface area contributed by atoms with E-state index in [1.165, 1.54) is 0 Å². The van der Waals surface area contributed by atoms with Gasteiger partial charge in [0, 0.05) is 18.2 Å². The number of carbonyl (C=O) groups excluding carboxylic acids is 1. The van der Waals surface area contributed by atoms with Gasteiger partial charge in [0.15, 0.2) is 0 Å². The van der Waals surface area contributed by atoms with Crippen molar-refractivity contribution in [1.29, 1.82) is 5.41 Å². The molecule has 7 heteroatoms. The molecule has 7 nitrogen and oxygen atoms in total. The fourth-order valence-electron chi connectivity index (χ4n) is 2.98. The molecule has 2 aromatic rings. The van der Waals surface area contributed by atoms with E-state index < -0.39 is 12.2 Å². The normalized spacial score (nSPS) is 18.7. The van der Waals surface area contributed by atoms with Gasteiger partial charge < -0.3 is 20.3 Å². The minimum Gasteiger partial charge on any atom is -0.508 e.